The first kappa shape index (κ1) is 22.1. The zero-order chi connectivity index (χ0) is 19.5. The number of esters is 1. The molecule has 0 aromatic heterocycles. The van der Waals surface area contributed by atoms with Crippen LogP contribution in [0.4, 0.5) is 0 Å². The highest BCUT2D eigenvalue weighted by Gasteiger charge is 2.44. The molecule has 0 aromatic carbocycles. The number of carbonyl (C=O) groups is 1. The van der Waals surface area contributed by atoms with Crippen LogP contribution >= 0.6 is 0 Å². The molecule has 0 radical (unpaired) electrons. The van der Waals surface area contributed by atoms with Gasteiger partial charge in [-0.2, -0.15) is 0 Å². The molecule has 144 valence electrons. The number of aliphatic hydroxyl groups excluding tert-OH is 4. The van der Waals surface area contributed by atoms with Crippen molar-refractivity contribution in [3.63, 3.8) is 0 Å². The van der Waals surface area contributed by atoms with E-state index in [1.54, 1.807) is 0 Å². The number of rotatable bonds is 7. The smallest absolute Gasteiger partial charge is 0.305 e. The van der Waals surface area contributed by atoms with Gasteiger partial charge in [-0.3, -0.25) is 4.79 Å². The fourth-order valence-corrected chi connectivity index (χ4v) is 2.11. The van der Waals surface area contributed by atoms with Gasteiger partial charge in [0.1, 0.15) is 30.5 Å². The number of hydrogen-bond donors (Lipinski definition) is 4. The molecule has 8 heteroatoms. The normalized spacial score (nSPS) is 28.7. The molecule has 26 heavy (non-hydrogen) atoms. The van der Waals surface area contributed by atoms with Crippen molar-refractivity contribution in [3.8, 4) is 23.7 Å². The summed E-state index contributed by atoms with van der Waals surface area (Å²) in [5.41, 5.74) is 0. The first-order valence-corrected chi connectivity index (χ1v) is 8.08. The third kappa shape index (κ3) is 6.77. The van der Waals surface area contributed by atoms with Crippen LogP contribution in [0.25, 0.3) is 0 Å². The van der Waals surface area contributed by atoms with Crippen molar-refractivity contribution in [1.82, 2.24) is 0 Å². The van der Waals surface area contributed by atoms with E-state index in [0.717, 1.165) is 0 Å². The highest BCUT2D eigenvalue weighted by atomic mass is 16.7. The second-order valence-electron chi connectivity index (χ2n) is 5.49. The standard InChI is InChI=1S/C18H24O8/c1-3-12(9-7-5-4-6-8-10-14(20)24-2)25-18-17(23)16(22)15(21)13(11-19)26-18/h3,12-13,15-19,21-23H,1,6,8,10-11H2,2H3/t12?,13-,15-,16+,17-,18-/m1/s1. The Labute approximate surface area is 152 Å². The van der Waals surface area contributed by atoms with Crippen LogP contribution in [0, 0.1) is 23.7 Å². The van der Waals surface area contributed by atoms with E-state index in [1.165, 1.54) is 13.2 Å². The monoisotopic (exact) mass is 368 g/mol. The second kappa shape index (κ2) is 11.7. The van der Waals surface area contributed by atoms with Crippen LogP contribution in [-0.4, -0.2) is 76.9 Å². The summed E-state index contributed by atoms with van der Waals surface area (Å²) in [5.74, 6) is 10.3. The lowest BCUT2D eigenvalue weighted by Gasteiger charge is -2.40. The highest BCUT2D eigenvalue weighted by Crippen LogP contribution is 2.22. The fraction of sp³-hybridized carbons (Fsp3) is 0.611. The fourth-order valence-electron chi connectivity index (χ4n) is 2.11. The Morgan fingerprint density at radius 2 is 2.00 bits per heavy atom. The molecule has 1 saturated heterocycles. The van der Waals surface area contributed by atoms with E-state index in [4.69, 9.17) is 14.6 Å². The summed E-state index contributed by atoms with van der Waals surface area (Å²) in [6.07, 6.45) is -5.02. The van der Waals surface area contributed by atoms with E-state index in [0.29, 0.717) is 12.8 Å². The van der Waals surface area contributed by atoms with E-state index in [2.05, 4.69) is 35.0 Å². The molecule has 1 fully saturated rings. The minimum Gasteiger partial charge on any atom is -0.469 e. The molecule has 6 atom stereocenters. The lowest BCUT2D eigenvalue weighted by molar-refractivity contribution is -0.303. The van der Waals surface area contributed by atoms with Crippen molar-refractivity contribution >= 4 is 5.97 Å². The molecule has 1 aliphatic rings. The predicted octanol–water partition coefficient (Wildman–Crippen LogP) is -1.29. The largest absolute Gasteiger partial charge is 0.469 e. The van der Waals surface area contributed by atoms with Crippen molar-refractivity contribution in [2.45, 2.75) is 56.1 Å². The van der Waals surface area contributed by atoms with Gasteiger partial charge in [-0.15, -0.1) is 0 Å². The minimum atomic E-state index is -1.53. The van der Waals surface area contributed by atoms with Crippen LogP contribution in [0.2, 0.25) is 0 Å². The van der Waals surface area contributed by atoms with E-state index >= 15 is 0 Å². The van der Waals surface area contributed by atoms with Crippen LogP contribution in [0.3, 0.4) is 0 Å². The molecule has 0 saturated carbocycles. The van der Waals surface area contributed by atoms with Crippen molar-refractivity contribution in [3.05, 3.63) is 12.7 Å². The predicted molar refractivity (Wildman–Crippen MR) is 90.3 cm³/mol. The molecule has 1 rings (SSSR count). The molecule has 4 N–H and O–H groups in total. The molecule has 1 aliphatic heterocycles. The van der Waals surface area contributed by atoms with Gasteiger partial charge in [0.2, 0.25) is 0 Å². The quantitative estimate of drug-likeness (QED) is 0.189. The van der Waals surface area contributed by atoms with Crippen LogP contribution in [-0.2, 0) is 19.0 Å². The second-order valence-corrected chi connectivity index (χ2v) is 5.49. The molecule has 1 unspecified atom stereocenters. The SMILES string of the molecule is C=CC(C#CC#CCCCC(=O)OC)O[C@@H]1O[C@H](CO)[C@@H](O)[C@H](O)[C@H]1O. The Kier molecular flexibility index (Phi) is 9.92. The average Bonchev–Trinajstić information content (AvgIpc) is 2.65. The average molecular weight is 368 g/mol. The van der Waals surface area contributed by atoms with Gasteiger partial charge in [-0.05, 0) is 18.3 Å². The highest BCUT2D eigenvalue weighted by molar-refractivity contribution is 5.69. The third-order valence-electron chi connectivity index (χ3n) is 3.62. The molecular weight excluding hydrogens is 344 g/mol. The van der Waals surface area contributed by atoms with E-state index < -0.39 is 43.4 Å². The summed E-state index contributed by atoms with van der Waals surface area (Å²) < 4.78 is 15.1. The van der Waals surface area contributed by atoms with Crippen LogP contribution in [0.5, 0.6) is 0 Å². The van der Waals surface area contributed by atoms with Gasteiger partial charge < -0.3 is 34.6 Å². The van der Waals surface area contributed by atoms with Crippen molar-refractivity contribution in [2.75, 3.05) is 13.7 Å². The van der Waals surface area contributed by atoms with E-state index in [-0.39, 0.29) is 12.4 Å². The van der Waals surface area contributed by atoms with E-state index in [9.17, 15) is 20.1 Å². The summed E-state index contributed by atoms with van der Waals surface area (Å²) in [6, 6.07) is 0. The summed E-state index contributed by atoms with van der Waals surface area (Å²) in [4.78, 5) is 10.9. The Balaban J connectivity index is 2.55. The van der Waals surface area contributed by atoms with E-state index in [1.807, 2.05) is 0 Å². The number of unbranched alkanes of at least 4 members (excludes halogenated alkanes) is 1. The molecule has 0 aromatic rings. The zero-order valence-electron chi connectivity index (χ0n) is 14.5. The lowest BCUT2D eigenvalue weighted by Crippen LogP contribution is -2.59. The maximum absolute atomic E-state index is 10.9. The van der Waals surface area contributed by atoms with Gasteiger partial charge in [-0.1, -0.05) is 24.5 Å². The molecule has 0 amide bonds. The number of ether oxygens (including phenoxy) is 3. The Morgan fingerprint density at radius 1 is 1.27 bits per heavy atom. The Hall–Kier alpha value is -1.91. The maximum atomic E-state index is 10.9. The van der Waals surface area contributed by atoms with Crippen molar-refractivity contribution in [2.24, 2.45) is 0 Å². The van der Waals surface area contributed by atoms with Crippen LogP contribution < -0.4 is 0 Å². The third-order valence-corrected chi connectivity index (χ3v) is 3.62. The first-order valence-electron chi connectivity index (χ1n) is 8.08. The number of carbonyl (C=O) groups excluding carboxylic acids is 1. The lowest BCUT2D eigenvalue weighted by atomic mass is 9.99. The maximum Gasteiger partial charge on any atom is 0.305 e. The summed E-state index contributed by atoms with van der Waals surface area (Å²) >= 11 is 0. The molecule has 0 aliphatic carbocycles. The summed E-state index contributed by atoms with van der Waals surface area (Å²) in [6.45, 7) is 3.01. The van der Waals surface area contributed by atoms with Crippen LogP contribution in [0.1, 0.15) is 19.3 Å². The molecule has 8 nitrogen and oxygen atoms in total. The topological polar surface area (TPSA) is 126 Å². The van der Waals surface area contributed by atoms with Gasteiger partial charge in [0, 0.05) is 12.8 Å². The Morgan fingerprint density at radius 3 is 2.62 bits per heavy atom. The van der Waals surface area contributed by atoms with Gasteiger partial charge in [0.25, 0.3) is 0 Å². The van der Waals surface area contributed by atoms with Crippen molar-refractivity contribution in [1.29, 1.82) is 0 Å². The zero-order valence-corrected chi connectivity index (χ0v) is 14.5. The van der Waals surface area contributed by atoms with Gasteiger partial charge in [0.15, 0.2) is 6.29 Å². The first-order chi connectivity index (χ1) is 12.4. The summed E-state index contributed by atoms with van der Waals surface area (Å²) in [5, 5.41) is 38.5. The number of methoxy groups -OCH3 is 1. The van der Waals surface area contributed by atoms with Crippen LogP contribution in [0.15, 0.2) is 12.7 Å². The van der Waals surface area contributed by atoms with Gasteiger partial charge in [0.05, 0.1) is 13.7 Å². The van der Waals surface area contributed by atoms with Crippen molar-refractivity contribution < 1.29 is 39.4 Å². The molecule has 1 heterocycles. The summed E-state index contributed by atoms with van der Waals surface area (Å²) in [7, 11) is 1.32. The Bertz CT molecular complexity index is 579. The number of aliphatic hydroxyl groups is 4. The minimum absolute atomic E-state index is 0.286. The van der Waals surface area contributed by atoms with Gasteiger partial charge in [-0.25, -0.2) is 0 Å². The molecule has 0 bridgehead atoms. The molecular formula is C18H24O8. The molecule has 0 spiro atoms. The van der Waals surface area contributed by atoms with Gasteiger partial charge >= 0.3 is 5.97 Å². The number of hydrogen-bond acceptors (Lipinski definition) is 8.